The SMILES string of the molecule is C=CCC(N[C@@H](C)c1ccccc1)c1ccc(OC)cc1. The molecule has 0 aromatic heterocycles. The Bertz CT molecular complexity index is 548. The third-order valence-electron chi connectivity index (χ3n) is 3.67. The van der Waals surface area contributed by atoms with Gasteiger partial charge < -0.3 is 10.1 Å². The number of nitrogens with one attached hydrogen (secondary N) is 1. The first-order valence-electron chi connectivity index (χ1n) is 7.30. The molecule has 1 N–H and O–H groups in total. The van der Waals surface area contributed by atoms with Crippen molar-refractivity contribution in [3.8, 4) is 5.75 Å². The summed E-state index contributed by atoms with van der Waals surface area (Å²) in [6.07, 6.45) is 2.85. The van der Waals surface area contributed by atoms with Gasteiger partial charge in [0.25, 0.3) is 0 Å². The Kier molecular flexibility index (Phi) is 5.59. The molecule has 0 saturated heterocycles. The Morgan fingerprint density at radius 3 is 2.29 bits per heavy atom. The first kappa shape index (κ1) is 15.3. The lowest BCUT2D eigenvalue weighted by Crippen LogP contribution is -2.24. The summed E-state index contributed by atoms with van der Waals surface area (Å²) in [6, 6.07) is 19.2. The molecular formula is C19H23NO. The van der Waals surface area contributed by atoms with Crippen LogP contribution in [-0.2, 0) is 0 Å². The molecule has 0 amide bonds. The molecule has 0 heterocycles. The van der Waals surface area contributed by atoms with Crippen molar-refractivity contribution in [3.63, 3.8) is 0 Å². The number of benzene rings is 2. The van der Waals surface area contributed by atoms with Gasteiger partial charge in [0.15, 0.2) is 0 Å². The second-order valence-electron chi connectivity index (χ2n) is 5.15. The van der Waals surface area contributed by atoms with Crippen molar-refractivity contribution in [2.75, 3.05) is 7.11 Å². The van der Waals surface area contributed by atoms with Crippen LogP contribution < -0.4 is 10.1 Å². The van der Waals surface area contributed by atoms with Crippen molar-refractivity contribution < 1.29 is 4.74 Å². The van der Waals surface area contributed by atoms with Crippen molar-refractivity contribution in [1.29, 1.82) is 0 Å². The van der Waals surface area contributed by atoms with Crippen molar-refractivity contribution >= 4 is 0 Å². The minimum absolute atomic E-state index is 0.253. The average molecular weight is 281 g/mol. The molecule has 0 aliphatic carbocycles. The van der Waals surface area contributed by atoms with Crippen LogP contribution in [0.2, 0.25) is 0 Å². The maximum absolute atomic E-state index is 5.22. The van der Waals surface area contributed by atoms with Gasteiger partial charge in [-0.2, -0.15) is 0 Å². The monoisotopic (exact) mass is 281 g/mol. The molecule has 2 aromatic carbocycles. The molecule has 0 aliphatic rings. The van der Waals surface area contributed by atoms with Gasteiger partial charge in [0.2, 0.25) is 0 Å². The minimum Gasteiger partial charge on any atom is -0.497 e. The van der Waals surface area contributed by atoms with E-state index in [4.69, 9.17) is 4.74 Å². The van der Waals surface area contributed by atoms with Crippen molar-refractivity contribution in [1.82, 2.24) is 5.32 Å². The zero-order valence-electron chi connectivity index (χ0n) is 12.8. The molecule has 2 rings (SSSR count). The predicted octanol–water partition coefficient (Wildman–Crippen LogP) is 4.66. The highest BCUT2D eigenvalue weighted by Crippen LogP contribution is 2.24. The van der Waals surface area contributed by atoms with E-state index in [0.717, 1.165) is 12.2 Å². The third kappa shape index (κ3) is 4.20. The molecule has 2 heteroatoms. The van der Waals surface area contributed by atoms with Crippen molar-refractivity contribution in [3.05, 3.63) is 78.4 Å². The first-order valence-corrected chi connectivity index (χ1v) is 7.30. The molecule has 2 aromatic rings. The summed E-state index contributed by atoms with van der Waals surface area (Å²) in [5.41, 5.74) is 2.54. The highest BCUT2D eigenvalue weighted by atomic mass is 16.5. The lowest BCUT2D eigenvalue weighted by atomic mass is 10.0. The van der Waals surface area contributed by atoms with E-state index in [1.165, 1.54) is 11.1 Å². The predicted molar refractivity (Wildman–Crippen MR) is 88.5 cm³/mol. The summed E-state index contributed by atoms with van der Waals surface area (Å²) in [6.45, 7) is 6.06. The normalized spacial score (nSPS) is 13.4. The standard InChI is InChI=1S/C19H23NO/c1-4-8-19(17-11-13-18(21-3)14-12-17)20-15(2)16-9-6-5-7-10-16/h4-7,9-15,19-20H,1,8H2,2-3H3/t15-,19?/m0/s1. The van der Waals surface area contributed by atoms with Crippen LogP contribution in [0, 0.1) is 0 Å². The second kappa shape index (κ2) is 7.65. The Morgan fingerprint density at radius 1 is 1.05 bits per heavy atom. The van der Waals surface area contributed by atoms with E-state index in [2.05, 4.69) is 55.2 Å². The van der Waals surface area contributed by atoms with Crippen LogP contribution in [0.4, 0.5) is 0 Å². The second-order valence-corrected chi connectivity index (χ2v) is 5.15. The molecule has 21 heavy (non-hydrogen) atoms. The van der Waals surface area contributed by atoms with E-state index >= 15 is 0 Å². The van der Waals surface area contributed by atoms with Crippen LogP contribution in [0.25, 0.3) is 0 Å². The van der Waals surface area contributed by atoms with Crippen LogP contribution in [0.3, 0.4) is 0 Å². The van der Waals surface area contributed by atoms with Gasteiger partial charge in [-0.25, -0.2) is 0 Å². The van der Waals surface area contributed by atoms with Gasteiger partial charge in [0.05, 0.1) is 7.11 Å². The summed E-state index contributed by atoms with van der Waals surface area (Å²) < 4.78 is 5.22. The first-order chi connectivity index (χ1) is 10.2. The van der Waals surface area contributed by atoms with Gasteiger partial charge in [-0.15, -0.1) is 6.58 Å². The van der Waals surface area contributed by atoms with Gasteiger partial charge in [-0.3, -0.25) is 0 Å². The van der Waals surface area contributed by atoms with Gasteiger partial charge in [0, 0.05) is 12.1 Å². The summed E-state index contributed by atoms with van der Waals surface area (Å²) in [4.78, 5) is 0. The Balaban J connectivity index is 2.12. The molecule has 0 bridgehead atoms. The topological polar surface area (TPSA) is 21.3 Å². The summed E-state index contributed by atoms with van der Waals surface area (Å²) in [5.74, 6) is 0.882. The molecule has 0 spiro atoms. The fourth-order valence-electron chi connectivity index (χ4n) is 2.44. The highest BCUT2D eigenvalue weighted by molar-refractivity contribution is 5.30. The smallest absolute Gasteiger partial charge is 0.118 e. The number of rotatable bonds is 7. The Hall–Kier alpha value is -2.06. The molecule has 110 valence electrons. The molecule has 0 aliphatic heterocycles. The van der Waals surface area contributed by atoms with Gasteiger partial charge in [0.1, 0.15) is 5.75 Å². The molecule has 2 nitrogen and oxygen atoms in total. The molecule has 0 fully saturated rings. The van der Waals surface area contributed by atoms with E-state index in [-0.39, 0.29) is 6.04 Å². The van der Waals surface area contributed by atoms with Gasteiger partial charge in [-0.05, 0) is 36.6 Å². The highest BCUT2D eigenvalue weighted by Gasteiger charge is 2.14. The lowest BCUT2D eigenvalue weighted by molar-refractivity contribution is 0.413. The van der Waals surface area contributed by atoms with E-state index < -0.39 is 0 Å². The van der Waals surface area contributed by atoms with E-state index in [0.29, 0.717) is 6.04 Å². The maximum Gasteiger partial charge on any atom is 0.118 e. The summed E-state index contributed by atoms with van der Waals surface area (Å²) in [7, 11) is 1.69. The third-order valence-corrected chi connectivity index (χ3v) is 3.67. The van der Waals surface area contributed by atoms with E-state index in [1.807, 2.05) is 24.3 Å². The molecular weight excluding hydrogens is 258 g/mol. The molecule has 0 radical (unpaired) electrons. The van der Waals surface area contributed by atoms with Crippen molar-refractivity contribution in [2.24, 2.45) is 0 Å². The van der Waals surface area contributed by atoms with Crippen LogP contribution in [0.15, 0.2) is 67.3 Å². The summed E-state index contributed by atoms with van der Waals surface area (Å²) in [5, 5.41) is 3.68. The van der Waals surface area contributed by atoms with Crippen LogP contribution >= 0.6 is 0 Å². The Labute approximate surface area is 127 Å². The van der Waals surface area contributed by atoms with E-state index in [1.54, 1.807) is 7.11 Å². The maximum atomic E-state index is 5.22. The number of ether oxygens (including phenoxy) is 1. The van der Waals surface area contributed by atoms with Crippen LogP contribution in [0.1, 0.15) is 36.6 Å². The van der Waals surface area contributed by atoms with Gasteiger partial charge >= 0.3 is 0 Å². The van der Waals surface area contributed by atoms with Crippen molar-refractivity contribution in [2.45, 2.75) is 25.4 Å². The largest absolute Gasteiger partial charge is 0.497 e. The molecule has 2 atom stereocenters. The lowest BCUT2D eigenvalue weighted by Gasteiger charge is -2.23. The zero-order chi connectivity index (χ0) is 15.1. The van der Waals surface area contributed by atoms with Crippen LogP contribution in [-0.4, -0.2) is 7.11 Å². The number of hydrogen-bond donors (Lipinski definition) is 1. The average Bonchev–Trinajstić information content (AvgIpc) is 2.55. The minimum atomic E-state index is 0.253. The summed E-state index contributed by atoms with van der Waals surface area (Å²) >= 11 is 0. The Morgan fingerprint density at radius 2 is 1.71 bits per heavy atom. The van der Waals surface area contributed by atoms with E-state index in [9.17, 15) is 0 Å². The number of hydrogen-bond acceptors (Lipinski definition) is 2. The fourth-order valence-corrected chi connectivity index (χ4v) is 2.44. The quantitative estimate of drug-likeness (QED) is 0.745. The molecule has 0 saturated carbocycles. The molecule has 1 unspecified atom stereocenters. The zero-order valence-corrected chi connectivity index (χ0v) is 12.8. The number of methoxy groups -OCH3 is 1. The van der Waals surface area contributed by atoms with Crippen LogP contribution in [0.5, 0.6) is 5.75 Å². The van der Waals surface area contributed by atoms with Gasteiger partial charge in [-0.1, -0.05) is 48.5 Å². The fraction of sp³-hybridized carbons (Fsp3) is 0.263.